The van der Waals surface area contributed by atoms with Gasteiger partial charge in [0.05, 0.1) is 27.7 Å². The first-order valence-corrected chi connectivity index (χ1v) is 6.76. The Morgan fingerprint density at radius 3 is 2.30 bits per heavy atom. The van der Waals surface area contributed by atoms with Crippen LogP contribution in [0.15, 0.2) is 17.7 Å². The van der Waals surface area contributed by atoms with Crippen LogP contribution < -0.4 is 18.1 Å². The van der Waals surface area contributed by atoms with Crippen molar-refractivity contribution in [1.29, 1.82) is 0 Å². The van der Waals surface area contributed by atoms with E-state index in [-0.39, 0.29) is 12.4 Å². The molecule has 1 aromatic carbocycles. The van der Waals surface area contributed by atoms with Crippen molar-refractivity contribution in [2.75, 3.05) is 33.4 Å². The number of nitrogen functional groups attached to an aromatic ring is 1. The molecule has 0 saturated heterocycles. The molecule has 0 aromatic heterocycles. The van der Waals surface area contributed by atoms with Crippen molar-refractivity contribution in [1.82, 2.24) is 0 Å². The zero-order valence-electron chi connectivity index (χ0n) is 13.2. The summed E-state index contributed by atoms with van der Waals surface area (Å²) in [6.45, 7) is 5.12. The minimum Gasteiger partial charge on any atom is -1.00 e. The molecule has 20 heavy (non-hydrogen) atoms. The summed E-state index contributed by atoms with van der Waals surface area (Å²) in [5.74, 6) is 0.314. The summed E-state index contributed by atoms with van der Waals surface area (Å²) in [6, 6.07) is 3.73. The van der Waals surface area contributed by atoms with Gasteiger partial charge in [-0.15, -0.1) is 0 Å². The molecule has 0 spiro atoms. The van der Waals surface area contributed by atoms with E-state index < -0.39 is 0 Å². The molecule has 1 aromatic rings. The summed E-state index contributed by atoms with van der Waals surface area (Å²) in [4.78, 5) is 0. The van der Waals surface area contributed by atoms with Gasteiger partial charge in [0.1, 0.15) is 5.75 Å². The van der Waals surface area contributed by atoms with Crippen LogP contribution in [0.1, 0.15) is 31.4 Å². The fourth-order valence-electron chi connectivity index (χ4n) is 2.12. The second-order valence-corrected chi connectivity index (χ2v) is 6.45. The molecule has 0 aliphatic carbocycles. The monoisotopic (exact) mass is 298 g/mol. The fourth-order valence-corrected chi connectivity index (χ4v) is 2.12. The van der Waals surface area contributed by atoms with Gasteiger partial charge in [-0.2, -0.15) is 0 Å². The minimum atomic E-state index is 0. The number of halogens is 1. The third-order valence-electron chi connectivity index (χ3n) is 2.99. The lowest BCUT2D eigenvalue weighted by atomic mass is 10.0. The predicted molar refractivity (Wildman–Crippen MR) is 83.1 cm³/mol. The number of quaternary nitrogens is 1. The third-order valence-corrected chi connectivity index (χ3v) is 2.99. The van der Waals surface area contributed by atoms with E-state index in [1.54, 1.807) is 6.07 Å². The highest BCUT2D eigenvalue weighted by molar-refractivity contribution is 5.64. The first-order chi connectivity index (χ1) is 8.69. The second kappa shape index (κ2) is 7.55. The third kappa shape index (κ3) is 6.31. The number of anilines is 1. The van der Waals surface area contributed by atoms with Crippen LogP contribution >= 0.6 is 0 Å². The number of nitrogens with zero attached hydrogens (tertiary/aromatic N) is 1. The highest BCUT2D eigenvalue weighted by atomic mass is 35.5. The number of hydrogen-bond acceptors (Lipinski definition) is 2. The Morgan fingerprint density at radius 2 is 1.85 bits per heavy atom. The largest absolute Gasteiger partial charge is 1.00 e. The minimum absolute atomic E-state index is 0. The molecule has 0 radical (unpaired) electrons. The van der Waals surface area contributed by atoms with E-state index in [9.17, 15) is 5.11 Å². The molecule has 0 fully saturated rings. The molecule has 0 saturated carbocycles. The quantitative estimate of drug-likeness (QED) is 0.596. The summed E-state index contributed by atoms with van der Waals surface area (Å²) in [5.41, 5.74) is 9.77. The normalized spacial score (nSPS) is 10.8. The molecule has 3 N–H and O–H groups in total. The van der Waals surface area contributed by atoms with Gasteiger partial charge in [0.25, 0.3) is 0 Å². The van der Waals surface area contributed by atoms with Crippen LogP contribution in [0, 0.1) is 0 Å². The number of benzene rings is 1. The molecule has 0 atom stereocenters. The highest BCUT2D eigenvalue weighted by Gasteiger charge is 2.11. The van der Waals surface area contributed by atoms with Crippen molar-refractivity contribution in [3.63, 3.8) is 0 Å². The van der Waals surface area contributed by atoms with Gasteiger partial charge in [0, 0.05) is 17.7 Å². The van der Waals surface area contributed by atoms with E-state index in [1.807, 2.05) is 26.0 Å². The maximum atomic E-state index is 10.1. The predicted octanol–water partition coefficient (Wildman–Crippen LogP) is 0.0404. The summed E-state index contributed by atoms with van der Waals surface area (Å²) in [5, 5.41) is 10.1. The number of rotatable bonds is 5. The van der Waals surface area contributed by atoms with Gasteiger partial charge in [0.2, 0.25) is 0 Å². The summed E-state index contributed by atoms with van der Waals surface area (Å²) < 4.78 is 0.927. The Hall–Kier alpha value is -1.19. The van der Waals surface area contributed by atoms with E-state index in [1.165, 1.54) is 5.57 Å². The number of hydrogen-bond donors (Lipinski definition) is 2. The summed E-state index contributed by atoms with van der Waals surface area (Å²) in [7, 11) is 6.50. The molecule has 0 aliphatic rings. The molecule has 3 nitrogen and oxygen atoms in total. The average Bonchev–Trinajstić information content (AvgIpc) is 2.19. The van der Waals surface area contributed by atoms with E-state index in [4.69, 9.17) is 5.73 Å². The maximum Gasteiger partial charge on any atom is 0.121 e. The molecule has 0 unspecified atom stereocenters. The Balaban J connectivity index is 0.00000361. The first kappa shape index (κ1) is 18.8. The molecule has 1 rings (SSSR count). The van der Waals surface area contributed by atoms with E-state index >= 15 is 0 Å². The van der Waals surface area contributed by atoms with Crippen LogP contribution in [0.2, 0.25) is 0 Å². The lowest BCUT2D eigenvalue weighted by molar-refractivity contribution is -0.870. The first-order valence-electron chi connectivity index (χ1n) is 6.76. The molecule has 0 heterocycles. The molecule has 0 amide bonds. The Morgan fingerprint density at radius 1 is 1.25 bits per heavy atom. The molecule has 4 heteroatoms. The maximum absolute atomic E-state index is 10.1. The fraction of sp³-hybridized carbons (Fsp3) is 0.500. The zero-order valence-corrected chi connectivity index (χ0v) is 14.0. The summed E-state index contributed by atoms with van der Waals surface area (Å²) in [6.07, 6.45) is 3.86. The zero-order chi connectivity index (χ0) is 14.6. The van der Waals surface area contributed by atoms with Crippen molar-refractivity contribution in [2.45, 2.75) is 26.7 Å². The standard InChI is InChI=1S/C16H26N2O.ClH/c1-12(2)9-13-10-15(17)14(16(19)11-13)7-6-8-18(3,4)5;/h9-11H,6-8,17H2,1-5H3;1H. The van der Waals surface area contributed by atoms with Crippen molar-refractivity contribution in [3.8, 4) is 5.75 Å². The van der Waals surface area contributed by atoms with Crippen LogP contribution in [-0.2, 0) is 6.42 Å². The van der Waals surface area contributed by atoms with Gasteiger partial charge in [-0.3, -0.25) is 0 Å². The molecule has 114 valence electrons. The smallest absolute Gasteiger partial charge is 0.121 e. The van der Waals surface area contributed by atoms with Crippen molar-refractivity contribution in [3.05, 3.63) is 28.8 Å². The molecular weight excluding hydrogens is 272 g/mol. The number of aromatic hydroxyl groups is 1. The Bertz CT molecular complexity index is 449. The number of allylic oxidation sites excluding steroid dienone is 1. The highest BCUT2D eigenvalue weighted by Crippen LogP contribution is 2.28. The number of nitrogens with two attached hydrogens (primary N) is 1. The summed E-state index contributed by atoms with van der Waals surface area (Å²) >= 11 is 0. The van der Waals surface area contributed by atoms with E-state index in [2.05, 4.69) is 21.1 Å². The van der Waals surface area contributed by atoms with Gasteiger partial charge in [-0.1, -0.05) is 11.6 Å². The average molecular weight is 299 g/mol. The van der Waals surface area contributed by atoms with Crippen molar-refractivity contribution >= 4 is 11.8 Å². The molecule has 0 aliphatic heterocycles. The van der Waals surface area contributed by atoms with Gasteiger partial charge in [0.15, 0.2) is 0 Å². The van der Waals surface area contributed by atoms with Gasteiger partial charge < -0.3 is 27.7 Å². The van der Waals surface area contributed by atoms with E-state index in [0.29, 0.717) is 11.4 Å². The van der Waals surface area contributed by atoms with Crippen molar-refractivity contribution in [2.24, 2.45) is 0 Å². The van der Waals surface area contributed by atoms with Crippen LogP contribution in [0.3, 0.4) is 0 Å². The lowest BCUT2D eigenvalue weighted by Crippen LogP contribution is -3.00. The number of phenolic OH excluding ortho intramolecular Hbond substituents is 1. The van der Waals surface area contributed by atoms with Gasteiger partial charge in [-0.25, -0.2) is 0 Å². The Kier molecular flexibility index (Phi) is 7.11. The number of phenols is 1. The molecule has 0 bridgehead atoms. The Labute approximate surface area is 129 Å². The van der Waals surface area contributed by atoms with Gasteiger partial charge in [-0.05, 0) is 38.0 Å². The van der Waals surface area contributed by atoms with E-state index in [0.717, 1.165) is 35.0 Å². The topological polar surface area (TPSA) is 46.2 Å². The SMILES string of the molecule is CC(C)=Cc1cc(N)c(CCC[N+](C)(C)C)c(O)c1.[Cl-]. The lowest BCUT2D eigenvalue weighted by Gasteiger charge is -2.24. The van der Waals surface area contributed by atoms with Crippen LogP contribution in [0.5, 0.6) is 5.75 Å². The van der Waals surface area contributed by atoms with Crippen LogP contribution in [-0.4, -0.2) is 37.3 Å². The second-order valence-electron chi connectivity index (χ2n) is 6.45. The van der Waals surface area contributed by atoms with Crippen molar-refractivity contribution < 1.29 is 22.0 Å². The van der Waals surface area contributed by atoms with Crippen LogP contribution in [0.4, 0.5) is 5.69 Å². The van der Waals surface area contributed by atoms with Crippen LogP contribution in [0.25, 0.3) is 6.08 Å². The van der Waals surface area contributed by atoms with Gasteiger partial charge >= 0.3 is 0 Å². The molecular formula is C16H27ClN2O.